The maximum Gasteiger partial charge on any atom is 0.224 e. The fraction of sp³-hybridized carbons (Fsp3) is 0.750. The number of aliphatic hydroxyl groups excluding tert-OH is 1. The third kappa shape index (κ3) is 4.30. The second-order valence-electron chi connectivity index (χ2n) is 5.93. The Morgan fingerprint density at radius 1 is 1.43 bits per heavy atom. The van der Waals surface area contributed by atoms with Gasteiger partial charge in [0.25, 0.3) is 0 Å². The van der Waals surface area contributed by atoms with Crippen LogP contribution in [0.4, 0.5) is 0 Å². The van der Waals surface area contributed by atoms with Crippen LogP contribution in [-0.4, -0.2) is 44.7 Å². The van der Waals surface area contributed by atoms with Crippen molar-refractivity contribution in [3.05, 3.63) is 18.7 Å². The van der Waals surface area contributed by atoms with Crippen molar-refractivity contribution in [2.75, 3.05) is 13.2 Å². The number of likely N-dealkylation sites (tertiary alicyclic amines) is 1. The van der Waals surface area contributed by atoms with Gasteiger partial charge in [-0.15, -0.1) is 0 Å². The van der Waals surface area contributed by atoms with Crippen LogP contribution in [0.15, 0.2) is 18.7 Å². The highest BCUT2D eigenvalue weighted by Crippen LogP contribution is 2.23. The number of rotatable bonds is 6. The average molecular weight is 293 g/mol. The number of aliphatic hydroxyl groups is 1. The lowest BCUT2D eigenvalue weighted by Crippen LogP contribution is -2.42. The van der Waals surface area contributed by atoms with Gasteiger partial charge in [0.2, 0.25) is 5.91 Å². The van der Waals surface area contributed by atoms with Crippen molar-refractivity contribution in [3.63, 3.8) is 0 Å². The van der Waals surface area contributed by atoms with Crippen molar-refractivity contribution in [2.45, 2.75) is 64.0 Å². The molecule has 2 heterocycles. The minimum absolute atomic E-state index is 0.00469. The van der Waals surface area contributed by atoms with E-state index >= 15 is 0 Å². The number of imidazole rings is 1. The van der Waals surface area contributed by atoms with E-state index in [2.05, 4.69) is 11.9 Å². The highest BCUT2D eigenvalue weighted by atomic mass is 16.3. The van der Waals surface area contributed by atoms with Gasteiger partial charge in [0.05, 0.1) is 19.0 Å². The Morgan fingerprint density at radius 3 is 2.95 bits per heavy atom. The zero-order chi connectivity index (χ0) is 15.1. The third-order valence-electron chi connectivity index (χ3n) is 4.39. The lowest BCUT2D eigenvalue weighted by Gasteiger charge is -2.30. The van der Waals surface area contributed by atoms with Crippen LogP contribution in [0.25, 0.3) is 0 Å². The van der Waals surface area contributed by atoms with Crippen molar-refractivity contribution < 1.29 is 9.90 Å². The lowest BCUT2D eigenvalue weighted by atomic mass is 10.1. The number of carbonyl (C=O) groups is 1. The summed E-state index contributed by atoms with van der Waals surface area (Å²) in [5.41, 5.74) is 0. The molecule has 118 valence electrons. The van der Waals surface area contributed by atoms with Crippen LogP contribution in [0.3, 0.4) is 0 Å². The summed E-state index contributed by atoms with van der Waals surface area (Å²) in [6.07, 6.45) is 12.2. The molecule has 1 amide bonds. The summed E-state index contributed by atoms with van der Waals surface area (Å²) in [6, 6.07) is 0.178. The van der Waals surface area contributed by atoms with Crippen LogP contribution in [0.2, 0.25) is 0 Å². The Morgan fingerprint density at radius 2 is 2.29 bits per heavy atom. The van der Waals surface area contributed by atoms with E-state index in [9.17, 15) is 9.90 Å². The molecule has 5 heteroatoms. The molecule has 1 aromatic heterocycles. The molecule has 5 nitrogen and oxygen atoms in total. The Bertz CT molecular complexity index is 419. The molecule has 0 saturated carbocycles. The van der Waals surface area contributed by atoms with Gasteiger partial charge in [-0.3, -0.25) is 4.79 Å². The number of hydrogen-bond acceptors (Lipinski definition) is 3. The van der Waals surface area contributed by atoms with Gasteiger partial charge in [-0.05, 0) is 19.3 Å². The third-order valence-corrected chi connectivity index (χ3v) is 4.39. The molecule has 1 fully saturated rings. The Hall–Kier alpha value is -1.36. The van der Waals surface area contributed by atoms with Crippen LogP contribution in [0.5, 0.6) is 0 Å². The van der Waals surface area contributed by atoms with Crippen molar-refractivity contribution in [3.8, 4) is 0 Å². The lowest BCUT2D eigenvalue weighted by molar-refractivity contribution is -0.135. The van der Waals surface area contributed by atoms with Crippen LogP contribution < -0.4 is 0 Å². The summed E-state index contributed by atoms with van der Waals surface area (Å²) in [5.74, 6) is 0.170. The summed E-state index contributed by atoms with van der Waals surface area (Å²) in [6.45, 7) is 3.00. The van der Waals surface area contributed by atoms with Gasteiger partial charge in [-0.1, -0.05) is 26.2 Å². The standard InChI is InChI=1S/C16H27N3O2/c1-2-6-14(18-10-8-17-13-18)11-16(21)19-9-5-3-4-7-15(19)12-20/h8,10,13-15,20H,2-7,9,11-12H2,1H3. The minimum Gasteiger partial charge on any atom is -0.394 e. The normalized spacial score (nSPS) is 21.0. The number of carbonyl (C=O) groups excluding carboxylic acids is 1. The monoisotopic (exact) mass is 293 g/mol. The van der Waals surface area contributed by atoms with Gasteiger partial charge in [-0.25, -0.2) is 4.98 Å². The summed E-state index contributed by atoms with van der Waals surface area (Å²) in [5, 5.41) is 9.55. The van der Waals surface area contributed by atoms with Gasteiger partial charge in [-0.2, -0.15) is 0 Å². The molecule has 0 aliphatic carbocycles. The molecule has 0 spiro atoms. The second-order valence-corrected chi connectivity index (χ2v) is 5.93. The van der Waals surface area contributed by atoms with Crippen LogP contribution in [0.1, 0.15) is 57.9 Å². The maximum absolute atomic E-state index is 12.7. The SMILES string of the molecule is CCCC(CC(=O)N1CCCCCC1CO)n1ccnc1. The minimum atomic E-state index is 0.00469. The first-order valence-corrected chi connectivity index (χ1v) is 8.14. The molecule has 0 radical (unpaired) electrons. The Labute approximate surface area is 127 Å². The molecule has 1 aromatic rings. The van der Waals surface area contributed by atoms with Gasteiger partial charge in [0.15, 0.2) is 0 Å². The van der Waals surface area contributed by atoms with Crippen molar-refractivity contribution in [2.24, 2.45) is 0 Å². The van der Waals surface area contributed by atoms with Crippen molar-refractivity contribution in [1.82, 2.24) is 14.5 Å². The molecule has 0 bridgehead atoms. The highest BCUT2D eigenvalue weighted by Gasteiger charge is 2.26. The molecule has 1 aliphatic heterocycles. The summed E-state index contributed by atoms with van der Waals surface area (Å²) < 4.78 is 2.03. The number of amides is 1. The topological polar surface area (TPSA) is 58.4 Å². The fourth-order valence-electron chi connectivity index (χ4n) is 3.19. The summed E-state index contributed by atoms with van der Waals surface area (Å²) in [4.78, 5) is 18.7. The number of hydrogen-bond donors (Lipinski definition) is 1. The van der Waals surface area contributed by atoms with E-state index in [0.717, 1.165) is 45.1 Å². The van der Waals surface area contributed by atoms with Crippen molar-refractivity contribution in [1.29, 1.82) is 0 Å². The molecule has 21 heavy (non-hydrogen) atoms. The Kier molecular flexibility index (Phi) is 6.23. The van der Waals surface area contributed by atoms with E-state index in [4.69, 9.17) is 0 Å². The predicted octanol–water partition coefficient (Wildman–Crippen LogP) is 2.38. The largest absolute Gasteiger partial charge is 0.394 e. The zero-order valence-electron chi connectivity index (χ0n) is 12.9. The smallest absolute Gasteiger partial charge is 0.224 e. The first-order chi connectivity index (χ1) is 10.3. The van der Waals surface area contributed by atoms with E-state index in [0.29, 0.717) is 6.42 Å². The average Bonchev–Trinajstić information content (AvgIpc) is 2.91. The van der Waals surface area contributed by atoms with Crippen LogP contribution in [-0.2, 0) is 4.79 Å². The molecule has 1 aliphatic rings. The first-order valence-electron chi connectivity index (χ1n) is 8.14. The fourth-order valence-corrected chi connectivity index (χ4v) is 3.19. The van der Waals surface area contributed by atoms with E-state index in [1.54, 1.807) is 12.5 Å². The molecule has 0 aromatic carbocycles. The molecule has 1 N–H and O–H groups in total. The zero-order valence-corrected chi connectivity index (χ0v) is 12.9. The van der Waals surface area contributed by atoms with Gasteiger partial charge in [0.1, 0.15) is 0 Å². The molecular formula is C16H27N3O2. The highest BCUT2D eigenvalue weighted by molar-refractivity contribution is 5.77. The second kappa shape index (κ2) is 8.17. The van der Waals surface area contributed by atoms with Gasteiger partial charge in [0, 0.05) is 31.4 Å². The van der Waals surface area contributed by atoms with Crippen LogP contribution >= 0.6 is 0 Å². The number of aromatic nitrogens is 2. The van der Waals surface area contributed by atoms with Crippen LogP contribution in [0, 0.1) is 0 Å². The van der Waals surface area contributed by atoms with Gasteiger partial charge >= 0.3 is 0 Å². The molecule has 2 unspecified atom stereocenters. The van der Waals surface area contributed by atoms with E-state index in [-0.39, 0.29) is 24.6 Å². The summed E-state index contributed by atoms with van der Waals surface area (Å²) in [7, 11) is 0. The molecular weight excluding hydrogens is 266 g/mol. The van der Waals surface area contributed by atoms with E-state index < -0.39 is 0 Å². The maximum atomic E-state index is 12.7. The Balaban J connectivity index is 2.03. The molecule has 2 rings (SSSR count). The molecule has 1 saturated heterocycles. The summed E-state index contributed by atoms with van der Waals surface area (Å²) >= 11 is 0. The first kappa shape index (κ1) is 16.0. The predicted molar refractivity (Wildman–Crippen MR) is 81.8 cm³/mol. The van der Waals surface area contributed by atoms with Crippen molar-refractivity contribution >= 4 is 5.91 Å². The number of nitrogens with zero attached hydrogens (tertiary/aromatic N) is 3. The van der Waals surface area contributed by atoms with Gasteiger partial charge < -0.3 is 14.6 Å². The van der Waals surface area contributed by atoms with E-state index in [1.807, 2.05) is 15.7 Å². The quantitative estimate of drug-likeness (QED) is 0.876. The molecule has 2 atom stereocenters. The van der Waals surface area contributed by atoms with E-state index in [1.165, 1.54) is 0 Å².